The lowest BCUT2D eigenvalue weighted by atomic mass is 10.2. The summed E-state index contributed by atoms with van der Waals surface area (Å²) in [5.41, 5.74) is 3.98. The molecule has 2 aliphatic rings. The maximum absolute atomic E-state index is 13.1. The Labute approximate surface area is 198 Å². The standard InChI is InChI=1S/C26H27N7O/c34-25(33-13-11-32(12-14-33)17-18-4-5-18)24-16-19-15-20(6-7-21(19)30-24)29-26-28-10-8-23(31-26)22-3-1-2-9-27-22/h1-3,6-10,15-16,18,30H,4-5,11-14,17H2,(H,28,29,31). The Kier molecular flexibility index (Phi) is 5.43. The van der Waals surface area contributed by atoms with E-state index in [0.29, 0.717) is 11.6 Å². The van der Waals surface area contributed by atoms with E-state index in [0.717, 1.165) is 60.1 Å². The summed E-state index contributed by atoms with van der Waals surface area (Å²) in [6.07, 6.45) is 6.20. The van der Waals surface area contributed by atoms with Crippen LogP contribution in [-0.2, 0) is 0 Å². The number of hydrogen-bond donors (Lipinski definition) is 2. The van der Waals surface area contributed by atoms with E-state index >= 15 is 0 Å². The third kappa shape index (κ3) is 4.49. The molecule has 4 aromatic rings. The summed E-state index contributed by atoms with van der Waals surface area (Å²) in [5, 5.41) is 4.24. The molecular formula is C26H27N7O. The minimum atomic E-state index is 0.0724. The predicted molar refractivity (Wildman–Crippen MR) is 132 cm³/mol. The topological polar surface area (TPSA) is 90.0 Å². The molecule has 4 heterocycles. The molecule has 0 bridgehead atoms. The van der Waals surface area contributed by atoms with Crippen molar-refractivity contribution < 1.29 is 4.79 Å². The third-order valence-electron chi connectivity index (χ3n) is 6.56. The van der Waals surface area contributed by atoms with E-state index in [1.165, 1.54) is 19.4 Å². The Morgan fingerprint density at radius 2 is 1.85 bits per heavy atom. The highest BCUT2D eigenvalue weighted by Gasteiger charge is 2.28. The highest BCUT2D eigenvalue weighted by molar-refractivity contribution is 5.98. The Morgan fingerprint density at radius 3 is 2.65 bits per heavy atom. The second kappa shape index (κ2) is 8.87. The molecule has 2 fully saturated rings. The lowest BCUT2D eigenvalue weighted by Crippen LogP contribution is -2.49. The van der Waals surface area contributed by atoms with Gasteiger partial charge in [0.2, 0.25) is 5.95 Å². The van der Waals surface area contributed by atoms with Crippen LogP contribution in [0.3, 0.4) is 0 Å². The van der Waals surface area contributed by atoms with Crippen molar-refractivity contribution in [3.8, 4) is 11.4 Å². The van der Waals surface area contributed by atoms with Gasteiger partial charge in [-0.3, -0.25) is 14.7 Å². The molecule has 1 aliphatic carbocycles. The Bertz CT molecular complexity index is 1310. The van der Waals surface area contributed by atoms with Crippen LogP contribution in [-0.4, -0.2) is 68.4 Å². The van der Waals surface area contributed by atoms with Crippen molar-refractivity contribution in [2.24, 2.45) is 5.92 Å². The number of hydrogen-bond acceptors (Lipinski definition) is 6. The number of nitrogens with zero attached hydrogens (tertiary/aromatic N) is 5. The lowest BCUT2D eigenvalue weighted by molar-refractivity contribution is 0.0627. The van der Waals surface area contributed by atoms with E-state index in [1.54, 1.807) is 12.4 Å². The van der Waals surface area contributed by atoms with Crippen molar-refractivity contribution in [1.29, 1.82) is 0 Å². The van der Waals surface area contributed by atoms with Crippen LogP contribution in [0.25, 0.3) is 22.3 Å². The zero-order chi connectivity index (χ0) is 22.9. The Morgan fingerprint density at radius 1 is 0.971 bits per heavy atom. The molecule has 8 heteroatoms. The highest BCUT2D eigenvalue weighted by atomic mass is 16.2. The smallest absolute Gasteiger partial charge is 0.270 e. The van der Waals surface area contributed by atoms with E-state index in [1.807, 2.05) is 53.4 Å². The van der Waals surface area contributed by atoms with Gasteiger partial charge in [-0.2, -0.15) is 0 Å². The molecule has 1 saturated carbocycles. The molecular weight excluding hydrogens is 426 g/mol. The first kappa shape index (κ1) is 20.8. The second-order valence-corrected chi connectivity index (χ2v) is 9.13. The number of carbonyl (C=O) groups is 1. The molecule has 0 unspecified atom stereocenters. The molecule has 6 rings (SSSR count). The maximum Gasteiger partial charge on any atom is 0.270 e. The monoisotopic (exact) mass is 453 g/mol. The SMILES string of the molecule is O=C(c1cc2cc(Nc3nccc(-c4ccccn4)n3)ccc2[nH]1)N1CCN(CC2CC2)CC1. The molecule has 0 radical (unpaired) electrons. The van der Waals surface area contributed by atoms with Crippen LogP contribution in [0.5, 0.6) is 0 Å². The first-order valence-corrected chi connectivity index (χ1v) is 11.9. The molecule has 172 valence electrons. The first-order valence-electron chi connectivity index (χ1n) is 11.9. The first-order chi connectivity index (χ1) is 16.7. The molecule has 1 saturated heterocycles. The number of aromatic nitrogens is 4. The fraction of sp³-hybridized carbons (Fsp3) is 0.308. The number of fused-ring (bicyclic) bond motifs is 1. The van der Waals surface area contributed by atoms with Gasteiger partial charge in [0.25, 0.3) is 5.91 Å². The minimum Gasteiger partial charge on any atom is -0.351 e. The molecule has 0 atom stereocenters. The lowest BCUT2D eigenvalue weighted by Gasteiger charge is -2.34. The summed E-state index contributed by atoms with van der Waals surface area (Å²) >= 11 is 0. The van der Waals surface area contributed by atoms with Gasteiger partial charge in [-0.15, -0.1) is 0 Å². The summed E-state index contributed by atoms with van der Waals surface area (Å²) in [6.45, 7) is 4.70. The largest absolute Gasteiger partial charge is 0.351 e. The van der Waals surface area contributed by atoms with Gasteiger partial charge in [-0.1, -0.05) is 6.07 Å². The zero-order valence-corrected chi connectivity index (χ0v) is 18.9. The van der Waals surface area contributed by atoms with Crippen molar-refractivity contribution in [3.63, 3.8) is 0 Å². The van der Waals surface area contributed by atoms with Gasteiger partial charge in [-0.05, 0) is 61.2 Å². The van der Waals surface area contributed by atoms with Gasteiger partial charge < -0.3 is 15.2 Å². The van der Waals surface area contributed by atoms with E-state index in [4.69, 9.17) is 0 Å². The van der Waals surface area contributed by atoms with Crippen molar-refractivity contribution in [2.45, 2.75) is 12.8 Å². The molecule has 1 aromatic carbocycles. The highest BCUT2D eigenvalue weighted by Crippen LogP contribution is 2.30. The number of aromatic amines is 1. The van der Waals surface area contributed by atoms with Crippen molar-refractivity contribution in [1.82, 2.24) is 29.7 Å². The van der Waals surface area contributed by atoms with Gasteiger partial charge in [0.15, 0.2) is 0 Å². The number of piperazine rings is 1. The van der Waals surface area contributed by atoms with Gasteiger partial charge in [-0.25, -0.2) is 9.97 Å². The fourth-order valence-electron chi connectivity index (χ4n) is 4.50. The van der Waals surface area contributed by atoms with Crippen LogP contribution in [0.1, 0.15) is 23.3 Å². The molecule has 3 aromatic heterocycles. The number of nitrogens with one attached hydrogen (secondary N) is 2. The maximum atomic E-state index is 13.1. The van der Waals surface area contributed by atoms with E-state index in [9.17, 15) is 4.79 Å². The van der Waals surface area contributed by atoms with Gasteiger partial charge >= 0.3 is 0 Å². The summed E-state index contributed by atoms with van der Waals surface area (Å²) in [4.78, 5) is 34.1. The van der Waals surface area contributed by atoms with Gasteiger partial charge in [0.05, 0.1) is 11.4 Å². The van der Waals surface area contributed by atoms with Crippen LogP contribution in [0.4, 0.5) is 11.6 Å². The normalized spacial score (nSPS) is 16.6. The number of carbonyl (C=O) groups excluding carboxylic acids is 1. The van der Waals surface area contributed by atoms with Crippen LogP contribution in [0.2, 0.25) is 0 Å². The van der Waals surface area contributed by atoms with Gasteiger partial charge in [0, 0.05) is 61.7 Å². The Hall–Kier alpha value is -3.78. The molecule has 1 aliphatic heterocycles. The quantitative estimate of drug-likeness (QED) is 0.460. The molecule has 1 amide bonds. The average molecular weight is 454 g/mol. The predicted octanol–water partition coefficient (Wildman–Crippen LogP) is 3.93. The summed E-state index contributed by atoms with van der Waals surface area (Å²) < 4.78 is 0. The van der Waals surface area contributed by atoms with Crippen molar-refractivity contribution in [2.75, 3.05) is 38.0 Å². The number of benzene rings is 1. The van der Waals surface area contributed by atoms with Crippen LogP contribution < -0.4 is 5.32 Å². The Balaban J connectivity index is 1.15. The number of anilines is 2. The minimum absolute atomic E-state index is 0.0724. The number of rotatable bonds is 6. The van der Waals surface area contributed by atoms with Crippen LogP contribution in [0.15, 0.2) is 60.9 Å². The van der Waals surface area contributed by atoms with E-state index in [-0.39, 0.29) is 5.91 Å². The number of H-pyrrole nitrogens is 1. The molecule has 34 heavy (non-hydrogen) atoms. The van der Waals surface area contributed by atoms with Crippen LogP contribution in [0, 0.1) is 5.92 Å². The summed E-state index contributed by atoms with van der Waals surface area (Å²) in [7, 11) is 0. The van der Waals surface area contributed by atoms with Crippen molar-refractivity contribution in [3.05, 3.63) is 66.6 Å². The van der Waals surface area contributed by atoms with Gasteiger partial charge in [0.1, 0.15) is 5.69 Å². The average Bonchev–Trinajstić information content (AvgIpc) is 3.60. The number of pyridine rings is 1. The van der Waals surface area contributed by atoms with Crippen molar-refractivity contribution >= 4 is 28.4 Å². The summed E-state index contributed by atoms with van der Waals surface area (Å²) in [5.74, 6) is 1.46. The molecule has 8 nitrogen and oxygen atoms in total. The summed E-state index contributed by atoms with van der Waals surface area (Å²) in [6, 6.07) is 15.5. The molecule has 2 N–H and O–H groups in total. The fourth-order valence-corrected chi connectivity index (χ4v) is 4.50. The number of amides is 1. The zero-order valence-electron chi connectivity index (χ0n) is 18.9. The second-order valence-electron chi connectivity index (χ2n) is 9.13. The molecule has 0 spiro atoms. The third-order valence-corrected chi connectivity index (χ3v) is 6.56. The van der Waals surface area contributed by atoms with E-state index in [2.05, 4.69) is 30.2 Å². The van der Waals surface area contributed by atoms with E-state index < -0.39 is 0 Å². The van der Waals surface area contributed by atoms with Crippen LogP contribution >= 0.6 is 0 Å².